The van der Waals surface area contributed by atoms with E-state index in [4.69, 9.17) is 21.3 Å². The maximum atomic E-state index is 6.00. The van der Waals surface area contributed by atoms with Crippen LogP contribution in [0.25, 0.3) is 23.2 Å². The van der Waals surface area contributed by atoms with Crippen LogP contribution < -0.4 is 4.74 Å². The summed E-state index contributed by atoms with van der Waals surface area (Å²) in [6.07, 6.45) is 6.17. The molecular weight excluding hydrogens is 416 g/mol. The molecule has 32 heavy (non-hydrogen) atoms. The molecule has 4 rings (SSSR count). The van der Waals surface area contributed by atoms with Crippen LogP contribution >= 0.6 is 11.6 Å². The molecule has 4 heteroatoms. The van der Waals surface area contributed by atoms with E-state index < -0.39 is 0 Å². The van der Waals surface area contributed by atoms with Crippen molar-refractivity contribution in [1.29, 1.82) is 0 Å². The van der Waals surface area contributed by atoms with Gasteiger partial charge in [0.05, 0.1) is 17.6 Å². The fourth-order valence-corrected chi connectivity index (χ4v) is 3.84. The minimum atomic E-state index is 0.539. The van der Waals surface area contributed by atoms with Gasteiger partial charge in [-0.15, -0.1) is 0 Å². The lowest BCUT2D eigenvalue weighted by Gasteiger charge is -2.10. The summed E-state index contributed by atoms with van der Waals surface area (Å²) in [4.78, 5) is 4.83. The van der Waals surface area contributed by atoms with Crippen molar-refractivity contribution in [2.45, 2.75) is 39.2 Å². The van der Waals surface area contributed by atoms with Gasteiger partial charge in [-0.05, 0) is 72.4 Å². The van der Waals surface area contributed by atoms with Gasteiger partial charge in [-0.3, -0.25) is 0 Å². The molecule has 0 saturated carbocycles. The Morgan fingerprint density at radius 1 is 0.906 bits per heavy atom. The van der Waals surface area contributed by atoms with Gasteiger partial charge >= 0.3 is 0 Å². The van der Waals surface area contributed by atoms with Crippen LogP contribution in [0.5, 0.6) is 5.75 Å². The number of unbranched alkanes of at least 4 members (excludes halogenated alkanes) is 1. The number of aromatic nitrogens is 2. The molecule has 0 aliphatic carbocycles. The van der Waals surface area contributed by atoms with Gasteiger partial charge in [-0.1, -0.05) is 67.9 Å². The minimum Gasteiger partial charge on any atom is -0.494 e. The van der Waals surface area contributed by atoms with Crippen LogP contribution in [0.4, 0.5) is 0 Å². The van der Waals surface area contributed by atoms with Gasteiger partial charge in [0, 0.05) is 11.6 Å². The summed E-state index contributed by atoms with van der Waals surface area (Å²) in [5, 5.41) is 0.743. The van der Waals surface area contributed by atoms with Gasteiger partial charge in [0.1, 0.15) is 11.6 Å². The van der Waals surface area contributed by atoms with Crippen molar-refractivity contribution < 1.29 is 4.74 Å². The van der Waals surface area contributed by atoms with Gasteiger partial charge in [0.2, 0.25) is 0 Å². The summed E-state index contributed by atoms with van der Waals surface area (Å²) in [6, 6.07) is 24.6. The number of imidazole rings is 1. The normalized spacial score (nSPS) is 11.6. The molecule has 0 saturated heterocycles. The third-order valence-electron chi connectivity index (χ3n) is 5.57. The number of halogens is 1. The van der Waals surface area contributed by atoms with Crippen molar-refractivity contribution in [3.63, 3.8) is 0 Å². The number of ether oxygens (including phenoxy) is 1. The fraction of sp³-hybridized carbons (Fsp3) is 0.250. The van der Waals surface area contributed by atoms with E-state index in [2.05, 4.69) is 73.0 Å². The lowest BCUT2D eigenvalue weighted by Crippen LogP contribution is -2.04. The molecule has 1 aromatic heterocycles. The van der Waals surface area contributed by atoms with Gasteiger partial charge < -0.3 is 9.30 Å². The summed E-state index contributed by atoms with van der Waals surface area (Å²) in [6.45, 7) is 6.02. The summed E-state index contributed by atoms with van der Waals surface area (Å²) in [5.41, 5.74) is 4.62. The van der Waals surface area contributed by atoms with Crippen LogP contribution in [0.15, 0.2) is 72.8 Å². The highest BCUT2D eigenvalue weighted by Crippen LogP contribution is 2.21. The SMILES string of the molecule is CC(C)c1ccc(OCCCCn2c(/C=C/c3ccc(Cl)cc3)nc3ccccc32)cc1. The molecule has 0 unspecified atom stereocenters. The zero-order valence-corrected chi connectivity index (χ0v) is 19.4. The Morgan fingerprint density at radius 2 is 1.66 bits per heavy atom. The highest BCUT2D eigenvalue weighted by atomic mass is 35.5. The highest BCUT2D eigenvalue weighted by molar-refractivity contribution is 6.30. The van der Waals surface area contributed by atoms with Crippen LogP contribution in [0.3, 0.4) is 0 Å². The first-order valence-electron chi connectivity index (χ1n) is 11.2. The van der Waals surface area contributed by atoms with E-state index in [0.29, 0.717) is 12.5 Å². The van der Waals surface area contributed by atoms with Gasteiger partial charge in [-0.25, -0.2) is 4.98 Å². The number of nitrogens with zero attached hydrogens (tertiary/aromatic N) is 2. The lowest BCUT2D eigenvalue weighted by atomic mass is 10.0. The smallest absolute Gasteiger partial charge is 0.133 e. The molecule has 4 aromatic rings. The van der Waals surface area contributed by atoms with Gasteiger partial charge in [-0.2, -0.15) is 0 Å². The molecular formula is C28H29ClN2O. The Bertz CT molecular complexity index is 1170. The number of fused-ring (bicyclic) bond motifs is 1. The maximum absolute atomic E-state index is 6.00. The monoisotopic (exact) mass is 444 g/mol. The first kappa shape index (κ1) is 22.2. The largest absolute Gasteiger partial charge is 0.494 e. The average molecular weight is 445 g/mol. The topological polar surface area (TPSA) is 27.1 Å². The molecule has 3 nitrogen and oxygen atoms in total. The van der Waals surface area contributed by atoms with Crippen LogP contribution in [-0.2, 0) is 6.54 Å². The van der Waals surface area contributed by atoms with Gasteiger partial charge in [0.25, 0.3) is 0 Å². The molecule has 3 aromatic carbocycles. The van der Waals surface area contributed by atoms with Gasteiger partial charge in [0.15, 0.2) is 0 Å². The zero-order valence-electron chi connectivity index (χ0n) is 18.7. The molecule has 0 aliphatic heterocycles. The molecule has 0 N–H and O–H groups in total. The van der Waals surface area contributed by atoms with Crippen molar-refractivity contribution in [2.24, 2.45) is 0 Å². The molecule has 0 radical (unpaired) electrons. The molecule has 0 atom stereocenters. The molecule has 0 amide bonds. The predicted molar refractivity (Wildman–Crippen MR) is 135 cm³/mol. The first-order valence-corrected chi connectivity index (χ1v) is 11.6. The van der Waals surface area contributed by atoms with Crippen molar-refractivity contribution >= 4 is 34.8 Å². The first-order chi connectivity index (χ1) is 15.6. The Labute approximate surface area is 195 Å². The quantitative estimate of drug-likeness (QED) is 0.246. The Balaban J connectivity index is 1.38. The number of hydrogen-bond acceptors (Lipinski definition) is 2. The van der Waals surface area contributed by atoms with Crippen LogP contribution in [0, 0.1) is 0 Å². The number of hydrogen-bond donors (Lipinski definition) is 0. The second-order valence-corrected chi connectivity index (χ2v) is 8.71. The van der Waals surface area contributed by atoms with E-state index in [0.717, 1.165) is 52.6 Å². The van der Waals surface area contributed by atoms with E-state index in [1.54, 1.807) is 0 Å². The molecule has 0 fully saturated rings. The van der Waals surface area contributed by atoms with E-state index >= 15 is 0 Å². The predicted octanol–water partition coefficient (Wildman–Crippen LogP) is 7.84. The number of benzene rings is 3. The Kier molecular flexibility index (Phi) is 7.28. The highest BCUT2D eigenvalue weighted by Gasteiger charge is 2.08. The van der Waals surface area contributed by atoms with Crippen molar-refractivity contribution in [2.75, 3.05) is 6.61 Å². The minimum absolute atomic E-state index is 0.539. The number of para-hydroxylation sites is 2. The fourth-order valence-electron chi connectivity index (χ4n) is 3.71. The second kappa shape index (κ2) is 10.5. The maximum Gasteiger partial charge on any atom is 0.133 e. The molecule has 0 bridgehead atoms. The molecule has 0 aliphatic rings. The molecule has 1 heterocycles. The lowest BCUT2D eigenvalue weighted by molar-refractivity contribution is 0.303. The molecule has 164 valence electrons. The average Bonchev–Trinajstić information content (AvgIpc) is 3.16. The Morgan fingerprint density at radius 3 is 2.41 bits per heavy atom. The van der Waals surface area contributed by atoms with Crippen molar-refractivity contribution in [1.82, 2.24) is 9.55 Å². The molecule has 0 spiro atoms. The second-order valence-electron chi connectivity index (χ2n) is 8.27. The summed E-state index contributed by atoms with van der Waals surface area (Å²) in [5.74, 6) is 2.44. The van der Waals surface area contributed by atoms with Crippen LogP contribution in [0.2, 0.25) is 5.02 Å². The van der Waals surface area contributed by atoms with E-state index in [-0.39, 0.29) is 0 Å². The van der Waals surface area contributed by atoms with Crippen LogP contribution in [0.1, 0.15) is 49.6 Å². The van der Waals surface area contributed by atoms with E-state index in [1.807, 2.05) is 30.3 Å². The summed E-state index contributed by atoms with van der Waals surface area (Å²) < 4.78 is 8.23. The summed E-state index contributed by atoms with van der Waals surface area (Å²) >= 11 is 6.00. The van der Waals surface area contributed by atoms with E-state index in [1.165, 1.54) is 5.56 Å². The number of aryl methyl sites for hydroxylation is 1. The summed E-state index contributed by atoms with van der Waals surface area (Å²) in [7, 11) is 0. The van der Waals surface area contributed by atoms with Crippen molar-refractivity contribution in [3.8, 4) is 5.75 Å². The standard InChI is InChI=1S/C28H29ClN2O/c1-21(2)23-12-16-25(17-13-23)32-20-6-5-19-31-27-8-4-3-7-26(27)30-28(31)18-11-22-9-14-24(29)15-10-22/h3-4,7-18,21H,5-6,19-20H2,1-2H3/b18-11+. The van der Waals surface area contributed by atoms with Crippen LogP contribution in [-0.4, -0.2) is 16.2 Å². The van der Waals surface area contributed by atoms with E-state index in [9.17, 15) is 0 Å². The zero-order chi connectivity index (χ0) is 22.3. The Hall–Kier alpha value is -3.04. The number of rotatable bonds is 9. The third-order valence-corrected chi connectivity index (χ3v) is 5.82. The third kappa shape index (κ3) is 5.60. The van der Waals surface area contributed by atoms with Crippen molar-refractivity contribution in [3.05, 3.63) is 94.8 Å².